The van der Waals surface area contributed by atoms with Crippen LogP contribution >= 0.6 is 0 Å². The molecule has 1 saturated heterocycles. The number of alkyl halides is 6. The molecule has 1 unspecified atom stereocenters. The molecular formula is C25H22F6N2O2. The number of likely N-dealkylation sites (tertiary alicyclic amines) is 1. The molecule has 1 aromatic heterocycles. The number of hydrogen-bond donors (Lipinski definition) is 0. The van der Waals surface area contributed by atoms with Crippen LogP contribution < -0.4 is 4.74 Å². The largest absolute Gasteiger partial charge is 0.481 e. The van der Waals surface area contributed by atoms with Crippen LogP contribution in [0.2, 0.25) is 0 Å². The van der Waals surface area contributed by atoms with Gasteiger partial charge in [0.2, 0.25) is 0 Å². The van der Waals surface area contributed by atoms with E-state index in [9.17, 15) is 31.1 Å². The summed E-state index contributed by atoms with van der Waals surface area (Å²) in [6.07, 6.45) is -6.76. The topological polar surface area (TPSA) is 42.4 Å². The first kappa shape index (κ1) is 24.8. The van der Waals surface area contributed by atoms with E-state index < -0.39 is 35.1 Å². The smallest absolute Gasteiger partial charge is 0.417 e. The van der Waals surface area contributed by atoms with Gasteiger partial charge in [0.1, 0.15) is 5.75 Å². The predicted octanol–water partition coefficient (Wildman–Crippen LogP) is 6.72. The monoisotopic (exact) mass is 496 g/mol. The lowest BCUT2D eigenvalue weighted by Gasteiger charge is -2.29. The first-order valence-corrected chi connectivity index (χ1v) is 11.1. The van der Waals surface area contributed by atoms with Gasteiger partial charge in [0, 0.05) is 36.3 Å². The molecule has 4 nitrogen and oxygen atoms in total. The zero-order valence-electron chi connectivity index (χ0n) is 18.7. The van der Waals surface area contributed by atoms with Gasteiger partial charge < -0.3 is 9.64 Å². The summed E-state index contributed by atoms with van der Waals surface area (Å²) in [5.74, 6) is 0.0561. The zero-order valence-corrected chi connectivity index (χ0v) is 18.7. The Morgan fingerprint density at radius 2 is 1.57 bits per heavy atom. The van der Waals surface area contributed by atoms with E-state index in [1.54, 1.807) is 11.8 Å². The maximum absolute atomic E-state index is 13.7. The number of fused-ring (bicyclic) bond motifs is 1. The molecule has 0 radical (unpaired) electrons. The Morgan fingerprint density at radius 3 is 2.17 bits per heavy atom. The third kappa shape index (κ3) is 5.21. The van der Waals surface area contributed by atoms with E-state index in [4.69, 9.17) is 4.74 Å². The van der Waals surface area contributed by atoms with Crippen molar-refractivity contribution < 1.29 is 35.9 Å². The standard InChI is InChI=1S/C25H22F6N2O2/c1-15(23(34)33-12-3-2-4-13-33)35-16-8-9-17-18(10-11-32-21(17)14-16)22-19(24(26,27)28)6-5-7-20(22)25(29,30)31/h5-11,14-15H,2-4,12-13H2,1H3. The summed E-state index contributed by atoms with van der Waals surface area (Å²) in [5, 5.41) is 0.0945. The number of benzene rings is 2. The molecule has 0 N–H and O–H groups in total. The van der Waals surface area contributed by atoms with Crippen LogP contribution in [0.25, 0.3) is 22.0 Å². The molecule has 2 heterocycles. The number of nitrogens with zero attached hydrogens (tertiary/aromatic N) is 2. The van der Waals surface area contributed by atoms with E-state index >= 15 is 0 Å². The number of rotatable bonds is 4. The molecule has 10 heteroatoms. The first-order valence-electron chi connectivity index (χ1n) is 11.1. The van der Waals surface area contributed by atoms with Crippen LogP contribution in [-0.2, 0) is 17.1 Å². The fourth-order valence-corrected chi connectivity index (χ4v) is 4.36. The van der Waals surface area contributed by atoms with E-state index in [-0.39, 0.29) is 28.1 Å². The SMILES string of the molecule is CC(Oc1ccc2c(-c3c(C(F)(F)F)cccc3C(F)(F)F)ccnc2c1)C(=O)N1CCCCC1. The second-order valence-corrected chi connectivity index (χ2v) is 8.41. The first-order chi connectivity index (χ1) is 16.5. The molecule has 0 bridgehead atoms. The molecular weight excluding hydrogens is 474 g/mol. The van der Waals surface area contributed by atoms with E-state index in [0.717, 1.165) is 37.6 Å². The number of halogens is 6. The van der Waals surface area contributed by atoms with Gasteiger partial charge in [-0.25, -0.2) is 0 Å². The molecule has 1 atom stereocenters. The Morgan fingerprint density at radius 1 is 0.943 bits per heavy atom. The minimum Gasteiger partial charge on any atom is -0.481 e. The number of pyridine rings is 1. The maximum Gasteiger partial charge on any atom is 0.417 e. The number of carbonyl (C=O) groups is 1. The number of carbonyl (C=O) groups excluding carboxylic acids is 1. The number of aromatic nitrogens is 1. The Hall–Kier alpha value is -3.30. The Balaban J connectivity index is 1.74. The molecule has 35 heavy (non-hydrogen) atoms. The van der Waals surface area contributed by atoms with E-state index in [1.807, 2.05) is 0 Å². The highest BCUT2D eigenvalue weighted by Gasteiger charge is 2.41. The highest BCUT2D eigenvalue weighted by molar-refractivity contribution is 5.97. The Kier molecular flexibility index (Phi) is 6.66. The van der Waals surface area contributed by atoms with Crippen molar-refractivity contribution in [3.05, 3.63) is 59.8 Å². The molecule has 0 spiro atoms. The second-order valence-electron chi connectivity index (χ2n) is 8.41. The van der Waals surface area contributed by atoms with Crippen LogP contribution in [0.4, 0.5) is 26.3 Å². The number of ether oxygens (including phenoxy) is 1. The van der Waals surface area contributed by atoms with Crippen molar-refractivity contribution in [1.82, 2.24) is 9.88 Å². The molecule has 1 amide bonds. The maximum atomic E-state index is 13.7. The third-order valence-corrected chi connectivity index (χ3v) is 5.99. The normalized spacial score (nSPS) is 15.8. The van der Waals surface area contributed by atoms with Crippen LogP contribution in [0.15, 0.2) is 48.7 Å². The summed E-state index contributed by atoms with van der Waals surface area (Å²) in [5.41, 5.74) is -3.84. The van der Waals surface area contributed by atoms with Gasteiger partial charge >= 0.3 is 12.4 Å². The van der Waals surface area contributed by atoms with E-state index in [2.05, 4.69) is 4.98 Å². The molecule has 0 aliphatic carbocycles. The van der Waals surface area contributed by atoms with Crippen LogP contribution in [0.5, 0.6) is 5.75 Å². The lowest BCUT2D eigenvalue weighted by molar-refractivity contribution is -0.142. The second kappa shape index (κ2) is 9.39. The summed E-state index contributed by atoms with van der Waals surface area (Å²) < 4.78 is 87.9. The van der Waals surface area contributed by atoms with Gasteiger partial charge in [-0.05, 0) is 62.1 Å². The highest BCUT2D eigenvalue weighted by atomic mass is 19.4. The molecule has 4 rings (SSSR count). The fraction of sp³-hybridized carbons (Fsp3) is 0.360. The molecule has 1 fully saturated rings. The molecule has 1 aliphatic heterocycles. The van der Waals surface area contributed by atoms with Gasteiger partial charge in [-0.15, -0.1) is 0 Å². The van der Waals surface area contributed by atoms with Crippen molar-refractivity contribution in [3.63, 3.8) is 0 Å². The molecule has 186 valence electrons. The van der Waals surface area contributed by atoms with Gasteiger partial charge in [-0.3, -0.25) is 9.78 Å². The lowest BCUT2D eigenvalue weighted by atomic mass is 9.91. The van der Waals surface area contributed by atoms with Crippen molar-refractivity contribution in [1.29, 1.82) is 0 Å². The summed E-state index contributed by atoms with van der Waals surface area (Å²) in [4.78, 5) is 18.5. The lowest BCUT2D eigenvalue weighted by Crippen LogP contribution is -2.43. The summed E-state index contributed by atoms with van der Waals surface area (Å²) in [6.45, 7) is 2.89. The summed E-state index contributed by atoms with van der Waals surface area (Å²) >= 11 is 0. The van der Waals surface area contributed by atoms with Crippen LogP contribution in [0, 0.1) is 0 Å². The van der Waals surface area contributed by atoms with Gasteiger partial charge in [0.05, 0.1) is 16.6 Å². The summed E-state index contributed by atoms with van der Waals surface area (Å²) in [6, 6.07) is 7.30. The van der Waals surface area contributed by atoms with Crippen molar-refractivity contribution in [2.45, 2.75) is 44.6 Å². The average molecular weight is 496 g/mol. The van der Waals surface area contributed by atoms with E-state index in [1.165, 1.54) is 18.2 Å². The number of piperidine rings is 1. The van der Waals surface area contributed by atoms with Gasteiger partial charge in [0.25, 0.3) is 5.91 Å². The van der Waals surface area contributed by atoms with Crippen LogP contribution in [-0.4, -0.2) is 35.0 Å². The van der Waals surface area contributed by atoms with Crippen molar-refractivity contribution >= 4 is 16.8 Å². The quantitative estimate of drug-likeness (QED) is 0.377. The molecule has 1 aliphatic rings. The van der Waals surface area contributed by atoms with Gasteiger partial charge in [0.15, 0.2) is 6.10 Å². The van der Waals surface area contributed by atoms with Crippen molar-refractivity contribution in [2.75, 3.05) is 13.1 Å². The summed E-state index contributed by atoms with van der Waals surface area (Å²) in [7, 11) is 0. The Bertz CT molecular complexity index is 1200. The molecule has 2 aromatic carbocycles. The fourth-order valence-electron chi connectivity index (χ4n) is 4.36. The highest BCUT2D eigenvalue weighted by Crippen LogP contribution is 2.46. The van der Waals surface area contributed by atoms with Gasteiger partial charge in [-0.2, -0.15) is 26.3 Å². The van der Waals surface area contributed by atoms with Crippen molar-refractivity contribution in [3.8, 4) is 16.9 Å². The van der Waals surface area contributed by atoms with Crippen LogP contribution in [0.1, 0.15) is 37.3 Å². The average Bonchev–Trinajstić information content (AvgIpc) is 2.82. The minimum atomic E-state index is -5.00. The van der Waals surface area contributed by atoms with Gasteiger partial charge in [-0.1, -0.05) is 6.07 Å². The molecule has 3 aromatic rings. The Labute approximate surface area is 197 Å². The predicted molar refractivity (Wildman–Crippen MR) is 118 cm³/mol. The minimum absolute atomic E-state index is 0.0945. The number of amides is 1. The van der Waals surface area contributed by atoms with E-state index in [0.29, 0.717) is 25.2 Å². The van der Waals surface area contributed by atoms with Crippen molar-refractivity contribution in [2.24, 2.45) is 0 Å². The van der Waals surface area contributed by atoms with Crippen LogP contribution in [0.3, 0.4) is 0 Å². The number of hydrogen-bond acceptors (Lipinski definition) is 3. The molecule has 0 saturated carbocycles. The third-order valence-electron chi connectivity index (χ3n) is 5.99. The zero-order chi connectivity index (χ0) is 25.4.